The van der Waals surface area contributed by atoms with E-state index in [0.29, 0.717) is 6.42 Å². The van der Waals surface area contributed by atoms with Crippen molar-refractivity contribution in [3.05, 3.63) is 0 Å². The summed E-state index contributed by atoms with van der Waals surface area (Å²) in [6.45, 7) is 10.4. The maximum atomic E-state index is 12.2. The van der Waals surface area contributed by atoms with Crippen molar-refractivity contribution in [1.82, 2.24) is 5.32 Å². The molecule has 5 nitrogen and oxygen atoms in total. The zero-order valence-electron chi connectivity index (χ0n) is 11.9. The van der Waals surface area contributed by atoms with E-state index in [1.807, 2.05) is 6.92 Å². The third-order valence-corrected chi connectivity index (χ3v) is 4.65. The Morgan fingerprint density at radius 3 is 2.22 bits per heavy atom. The predicted octanol–water partition coefficient (Wildman–Crippen LogP) is 1.70. The first kappa shape index (κ1) is 14.8. The first-order valence-electron chi connectivity index (χ1n) is 6.48. The molecular weight excluding hydrogens is 230 g/mol. The number of carbonyl (C=O) groups excluding carboxylic acids is 1. The fourth-order valence-corrected chi connectivity index (χ4v) is 2.76. The summed E-state index contributed by atoms with van der Waals surface area (Å²) in [5.41, 5.74) is 5.59. The second-order valence-corrected chi connectivity index (χ2v) is 6.25. The van der Waals surface area contributed by atoms with E-state index in [1.165, 1.54) is 0 Å². The molecule has 0 aromatic carbocycles. The Labute approximate surface area is 109 Å². The number of amidine groups is 1. The molecule has 18 heavy (non-hydrogen) atoms. The summed E-state index contributed by atoms with van der Waals surface area (Å²) in [5.74, 6) is 0.0485. The minimum Gasteiger partial charge on any atom is -0.409 e. The number of carbonyl (C=O) groups is 1. The van der Waals surface area contributed by atoms with E-state index in [2.05, 4.69) is 38.2 Å². The van der Waals surface area contributed by atoms with Crippen molar-refractivity contribution in [3.8, 4) is 0 Å². The summed E-state index contributed by atoms with van der Waals surface area (Å²) in [4.78, 5) is 12.2. The lowest BCUT2D eigenvalue weighted by atomic mass is 10.0. The third-order valence-electron chi connectivity index (χ3n) is 4.65. The highest BCUT2D eigenvalue weighted by molar-refractivity contribution is 5.92. The normalized spacial score (nSPS) is 23.5. The molecule has 1 rings (SSSR count). The van der Waals surface area contributed by atoms with E-state index < -0.39 is 0 Å². The largest absolute Gasteiger partial charge is 0.409 e. The minimum absolute atomic E-state index is 0.00102. The lowest BCUT2D eigenvalue weighted by molar-refractivity contribution is -0.123. The molecule has 1 unspecified atom stereocenters. The van der Waals surface area contributed by atoms with Crippen molar-refractivity contribution in [2.24, 2.45) is 27.6 Å². The Balaban J connectivity index is 2.70. The maximum absolute atomic E-state index is 12.2. The molecule has 1 amide bonds. The zero-order valence-corrected chi connectivity index (χ0v) is 11.9. The summed E-state index contributed by atoms with van der Waals surface area (Å²) in [6, 6.07) is -0.375. The molecule has 104 valence electrons. The van der Waals surface area contributed by atoms with Gasteiger partial charge in [0.1, 0.15) is 0 Å². The Bertz CT molecular complexity index is 347. The molecule has 1 aliphatic carbocycles. The molecule has 1 fully saturated rings. The Kier molecular flexibility index (Phi) is 3.93. The van der Waals surface area contributed by atoms with E-state index in [0.717, 1.165) is 6.42 Å². The number of oxime groups is 1. The van der Waals surface area contributed by atoms with Crippen LogP contribution < -0.4 is 11.1 Å². The molecule has 0 aromatic rings. The number of rotatable bonds is 5. The molecular formula is C13H25N3O2. The topological polar surface area (TPSA) is 87.7 Å². The summed E-state index contributed by atoms with van der Waals surface area (Å²) in [7, 11) is 0. The quantitative estimate of drug-likeness (QED) is 0.302. The Hall–Kier alpha value is -1.26. The van der Waals surface area contributed by atoms with Gasteiger partial charge in [0.15, 0.2) is 5.84 Å². The first-order valence-corrected chi connectivity index (χ1v) is 6.48. The number of hydrogen-bond donors (Lipinski definition) is 3. The molecule has 0 radical (unpaired) electrons. The van der Waals surface area contributed by atoms with Gasteiger partial charge < -0.3 is 16.3 Å². The molecule has 4 N–H and O–H groups in total. The fourth-order valence-electron chi connectivity index (χ4n) is 2.76. The molecule has 0 saturated heterocycles. The van der Waals surface area contributed by atoms with E-state index in [4.69, 9.17) is 10.9 Å². The monoisotopic (exact) mass is 255 g/mol. The van der Waals surface area contributed by atoms with Gasteiger partial charge >= 0.3 is 0 Å². The number of hydrogen-bond acceptors (Lipinski definition) is 3. The van der Waals surface area contributed by atoms with Crippen LogP contribution in [0.2, 0.25) is 0 Å². The summed E-state index contributed by atoms with van der Waals surface area (Å²) < 4.78 is 0. The Morgan fingerprint density at radius 2 is 1.89 bits per heavy atom. The van der Waals surface area contributed by atoms with Crippen LogP contribution in [-0.2, 0) is 4.79 Å². The molecule has 0 aromatic heterocycles. The molecule has 0 heterocycles. The molecule has 1 saturated carbocycles. The summed E-state index contributed by atoms with van der Waals surface area (Å²) in [5, 5.41) is 14.6. The van der Waals surface area contributed by atoms with Gasteiger partial charge in [-0.3, -0.25) is 4.79 Å². The minimum atomic E-state index is -0.375. The fraction of sp³-hybridized carbons (Fsp3) is 0.846. The highest BCUT2D eigenvalue weighted by Gasteiger charge is 2.68. The van der Waals surface area contributed by atoms with Gasteiger partial charge in [-0.15, -0.1) is 0 Å². The number of nitrogens with two attached hydrogens (primary N) is 1. The van der Waals surface area contributed by atoms with Crippen LogP contribution in [0, 0.1) is 16.7 Å². The predicted molar refractivity (Wildman–Crippen MR) is 71.3 cm³/mol. The Morgan fingerprint density at radius 1 is 1.39 bits per heavy atom. The molecule has 0 spiro atoms. The highest BCUT2D eigenvalue weighted by atomic mass is 16.4. The SMILES string of the molecule is CCCC(NC(=O)C1C(C)(C)C1(C)C)C(N)=NO. The van der Waals surface area contributed by atoms with Crippen LogP contribution >= 0.6 is 0 Å². The second kappa shape index (κ2) is 4.78. The lowest BCUT2D eigenvalue weighted by Gasteiger charge is -2.17. The lowest BCUT2D eigenvalue weighted by Crippen LogP contribution is -2.45. The standard InChI is InChI=1S/C13H25N3O2/c1-6-7-8(10(14)16-18)15-11(17)9-12(2,3)13(9,4)5/h8-9,18H,6-7H2,1-5H3,(H2,14,16)(H,15,17). The molecule has 1 aliphatic rings. The van der Waals surface area contributed by atoms with Gasteiger partial charge in [0, 0.05) is 5.92 Å². The van der Waals surface area contributed by atoms with Crippen molar-refractivity contribution in [3.63, 3.8) is 0 Å². The van der Waals surface area contributed by atoms with Crippen molar-refractivity contribution in [1.29, 1.82) is 0 Å². The third kappa shape index (κ3) is 2.31. The van der Waals surface area contributed by atoms with Crippen LogP contribution in [0.15, 0.2) is 5.16 Å². The summed E-state index contributed by atoms with van der Waals surface area (Å²) in [6.07, 6.45) is 1.54. The highest BCUT2D eigenvalue weighted by Crippen LogP contribution is 2.68. The number of nitrogens with one attached hydrogen (secondary N) is 1. The van der Waals surface area contributed by atoms with Crippen molar-refractivity contribution in [2.45, 2.75) is 53.5 Å². The summed E-state index contributed by atoms with van der Waals surface area (Å²) >= 11 is 0. The van der Waals surface area contributed by atoms with Crippen LogP contribution in [0.25, 0.3) is 0 Å². The van der Waals surface area contributed by atoms with Crippen LogP contribution in [-0.4, -0.2) is 23.0 Å². The number of nitrogens with zero attached hydrogens (tertiary/aromatic N) is 1. The van der Waals surface area contributed by atoms with Crippen molar-refractivity contribution >= 4 is 11.7 Å². The van der Waals surface area contributed by atoms with Crippen molar-refractivity contribution < 1.29 is 10.0 Å². The van der Waals surface area contributed by atoms with E-state index in [1.54, 1.807) is 0 Å². The van der Waals surface area contributed by atoms with Gasteiger partial charge in [0.05, 0.1) is 6.04 Å². The van der Waals surface area contributed by atoms with Crippen molar-refractivity contribution in [2.75, 3.05) is 0 Å². The maximum Gasteiger partial charge on any atom is 0.224 e. The number of amides is 1. The second-order valence-electron chi connectivity index (χ2n) is 6.25. The van der Waals surface area contributed by atoms with Gasteiger partial charge in [0.2, 0.25) is 5.91 Å². The molecule has 0 bridgehead atoms. The van der Waals surface area contributed by atoms with E-state index in [9.17, 15) is 4.79 Å². The zero-order chi connectivity index (χ0) is 14.1. The van der Waals surface area contributed by atoms with Gasteiger partial charge in [0.25, 0.3) is 0 Å². The molecule has 5 heteroatoms. The van der Waals surface area contributed by atoms with Gasteiger partial charge in [-0.25, -0.2) is 0 Å². The van der Waals surface area contributed by atoms with Crippen LogP contribution in [0.1, 0.15) is 47.5 Å². The average Bonchev–Trinajstić information content (AvgIpc) is 2.67. The molecule has 1 atom stereocenters. The van der Waals surface area contributed by atoms with Crippen LogP contribution in [0.4, 0.5) is 0 Å². The average molecular weight is 255 g/mol. The van der Waals surface area contributed by atoms with Gasteiger partial charge in [-0.1, -0.05) is 46.2 Å². The van der Waals surface area contributed by atoms with Crippen LogP contribution in [0.5, 0.6) is 0 Å². The van der Waals surface area contributed by atoms with E-state index in [-0.39, 0.29) is 34.5 Å². The molecule has 0 aliphatic heterocycles. The van der Waals surface area contributed by atoms with Gasteiger partial charge in [-0.05, 0) is 17.3 Å². The first-order chi connectivity index (χ1) is 8.20. The smallest absolute Gasteiger partial charge is 0.224 e. The van der Waals surface area contributed by atoms with E-state index >= 15 is 0 Å². The van der Waals surface area contributed by atoms with Gasteiger partial charge in [-0.2, -0.15) is 0 Å². The van der Waals surface area contributed by atoms with Crippen LogP contribution in [0.3, 0.4) is 0 Å².